The third kappa shape index (κ3) is 2.79. The molecular formula is C9H11FN2O2. The Labute approximate surface area is 80.5 Å². The van der Waals surface area contributed by atoms with Crippen LogP contribution in [0, 0.1) is 5.82 Å². The smallest absolute Gasteiger partial charge is 0.236 e. The highest BCUT2D eigenvalue weighted by Gasteiger charge is 2.11. The van der Waals surface area contributed by atoms with Gasteiger partial charge in [0.1, 0.15) is 5.82 Å². The maximum Gasteiger partial charge on any atom is 0.236 e. The summed E-state index contributed by atoms with van der Waals surface area (Å²) < 4.78 is 12.5. The summed E-state index contributed by atoms with van der Waals surface area (Å²) in [5.41, 5.74) is 2.39. The molecular weight excluding hydrogens is 187 g/mol. The SMILES string of the molecule is NNC(=O)CC(O)c1ccc(F)cc1. The zero-order valence-electron chi connectivity index (χ0n) is 7.40. The van der Waals surface area contributed by atoms with Crippen molar-refractivity contribution in [2.45, 2.75) is 12.5 Å². The molecule has 1 atom stereocenters. The van der Waals surface area contributed by atoms with E-state index in [4.69, 9.17) is 5.84 Å². The maximum atomic E-state index is 12.5. The van der Waals surface area contributed by atoms with Crippen LogP contribution in [-0.4, -0.2) is 11.0 Å². The van der Waals surface area contributed by atoms with Crippen LogP contribution in [0.2, 0.25) is 0 Å². The molecule has 0 saturated carbocycles. The van der Waals surface area contributed by atoms with E-state index < -0.39 is 12.0 Å². The number of nitrogens with two attached hydrogens (primary N) is 1. The van der Waals surface area contributed by atoms with Gasteiger partial charge in [-0.2, -0.15) is 0 Å². The molecule has 0 bridgehead atoms. The van der Waals surface area contributed by atoms with Crippen molar-refractivity contribution in [3.63, 3.8) is 0 Å². The molecule has 4 N–H and O–H groups in total. The molecule has 0 aliphatic carbocycles. The largest absolute Gasteiger partial charge is 0.388 e. The van der Waals surface area contributed by atoms with Gasteiger partial charge in [-0.3, -0.25) is 10.2 Å². The first-order valence-electron chi connectivity index (χ1n) is 4.06. The zero-order chi connectivity index (χ0) is 10.6. The summed E-state index contributed by atoms with van der Waals surface area (Å²) in [6.45, 7) is 0. The van der Waals surface area contributed by atoms with E-state index in [-0.39, 0.29) is 12.2 Å². The number of aliphatic hydroxyl groups is 1. The first kappa shape index (κ1) is 10.6. The number of amides is 1. The second-order valence-electron chi connectivity index (χ2n) is 2.84. The lowest BCUT2D eigenvalue weighted by Gasteiger charge is -2.09. The van der Waals surface area contributed by atoms with Gasteiger partial charge in [-0.15, -0.1) is 0 Å². The number of halogens is 1. The van der Waals surface area contributed by atoms with Gasteiger partial charge in [0.05, 0.1) is 12.5 Å². The van der Waals surface area contributed by atoms with Crippen LogP contribution in [0.1, 0.15) is 18.1 Å². The van der Waals surface area contributed by atoms with Crippen molar-refractivity contribution in [2.24, 2.45) is 5.84 Å². The Bertz CT molecular complexity index is 313. The van der Waals surface area contributed by atoms with E-state index >= 15 is 0 Å². The van der Waals surface area contributed by atoms with Crippen LogP contribution >= 0.6 is 0 Å². The van der Waals surface area contributed by atoms with Crippen molar-refractivity contribution >= 4 is 5.91 Å². The molecule has 1 unspecified atom stereocenters. The first-order chi connectivity index (χ1) is 6.63. The van der Waals surface area contributed by atoms with Gasteiger partial charge in [0, 0.05) is 0 Å². The van der Waals surface area contributed by atoms with Gasteiger partial charge in [0.25, 0.3) is 0 Å². The highest BCUT2D eigenvalue weighted by Crippen LogP contribution is 2.16. The fourth-order valence-corrected chi connectivity index (χ4v) is 1.04. The Morgan fingerprint density at radius 1 is 1.50 bits per heavy atom. The standard InChI is InChI=1S/C9H11FN2O2/c10-7-3-1-6(2-4-7)8(13)5-9(14)12-11/h1-4,8,13H,5,11H2,(H,12,14). The van der Waals surface area contributed by atoms with Crippen molar-refractivity contribution in [1.29, 1.82) is 0 Å². The number of aliphatic hydroxyl groups excluding tert-OH is 1. The number of carbonyl (C=O) groups is 1. The molecule has 0 radical (unpaired) electrons. The molecule has 1 aromatic carbocycles. The molecule has 1 amide bonds. The normalized spacial score (nSPS) is 12.2. The Morgan fingerprint density at radius 2 is 2.07 bits per heavy atom. The zero-order valence-corrected chi connectivity index (χ0v) is 7.40. The Morgan fingerprint density at radius 3 is 2.57 bits per heavy atom. The van der Waals surface area contributed by atoms with Gasteiger partial charge in [0.2, 0.25) is 5.91 Å². The van der Waals surface area contributed by atoms with Crippen LogP contribution in [-0.2, 0) is 4.79 Å². The van der Waals surface area contributed by atoms with Crippen molar-refractivity contribution in [3.05, 3.63) is 35.6 Å². The fourth-order valence-electron chi connectivity index (χ4n) is 1.04. The summed E-state index contributed by atoms with van der Waals surface area (Å²) in [6, 6.07) is 5.28. The van der Waals surface area contributed by atoms with E-state index in [1.807, 2.05) is 5.43 Å². The van der Waals surface area contributed by atoms with E-state index in [1.54, 1.807) is 0 Å². The third-order valence-corrected chi connectivity index (χ3v) is 1.79. The topological polar surface area (TPSA) is 75.3 Å². The van der Waals surface area contributed by atoms with Gasteiger partial charge in [-0.25, -0.2) is 10.2 Å². The van der Waals surface area contributed by atoms with Crippen molar-refractivity contribution in [3.8, 4) is 0 Å². The van der Waals surface area contributed by atoms with Gasteiger partial charge in [0.15, 0.2) is 0 Å². The van der Waals surface area contributed by atoms with Gasteiger partial charge in [-0.05, 0) is 17.7 Å². The Kier molecular flexibility index (Phi) is 3.55. The Hall–Kier alpha value is -1.46. The van der Waals surface area contributed by atoms with E-state index in [2.05, 4.69) is 0 Å². The second kappa shape index (κ2) is 4.69. The van der Waals surface area contributed by atoms with Gasteiger partial charge in [-0.1, -0.05) is 12.1 Å². The number of nitrogens with one attached hydrogen (secondary N) is 1. The van der Waals surface area contributed by atoms with E-state index in [9.17, 15) is 14.3 Å². The van der Waals surface area contributed by atoms with Crippen LogP contribution in [0.4, 0.5) is 4.39 Å². The minimum atomic E-state index is -0.959. The second-order valence-corrected chi connectivity index (χ2v) is 2.84. The maximum absolute atomic E-state index is 12.5. The van der Waals surface area contributed by atoms with Crippen LogP contribution in [0.25, 0.3) is 0 Å². The number of benzene rings is 1. The molecule has 0 aliphatic rings. The average Bonchev–Trinajstić information content (AvgIpc) is 2.18. The molecule has 14 heavy (non-hydrogen) atoms. The molecule has 0 heterocycles. The molecule has 0 fully saturated rings. The lowest BCUT2D eigenvalue weighted by atomic mass is 10.1. The van der Waals surface area contributed by atoms with Crippen LogP contribution < -0.4 is 11.3 Å². The fraction of sp³-hybridized carbons (Fsp3) is 0.222. The highest BCUT2D eigenvalue weighted by molar-refractivity contribution is 5.75. The molecule has 0 aliphatic heterocycles. The van der Waals surface area contributed by atoms with Crippen LogP contribution in [0.5, 0.6) is 0 Å². The van der Waals surface area contributed by atoms with E-state index in [0.717, 1.165) is 0 Å². The molecule has 4 nitrogen and oxygen atoms in total. The lowest BCUT2D eigenvalue weighted by Crippen LogP contribution is -2.31. The predicted molar refractivity (Wildman–Crippen MR) is 48.3 cm³/mol. The quantitative estimate of drug-likeness (QED) is 0.370. The Balaban J connectivity index is 2.65. The molecule has 5 heteroatoms. The average molecular weight is 198 g/mol. The number of hydrogen-bond donors (Lipinski definition) is 3. The molecule has 0 saturated heterocycles. The predicted octanol–water partition coefficient (Wildman–Crippen LogP) is 0.239. The summed E-state index contributed by atoms with van der Waals surface area (Å²) in [4.78, 5) is 10.8. The van der Waals surface area contributed by atoms with Crippen LogP contribution in [0.15, 0.2) is 24.3 Å². The summed E-state index contributed by atoms with van der Waals surface area (Å²) in [7, 11) is 0. The first-order valence-corrected chi connectivity index (χ1v) is 4.06. The van der Waals surface area contributed by atoms with Crippen molar-refractivity contribution < 1.29 is 14.3 Å². The number of carbonyl (C=O) groups excluding carboxylic acids is 1. The summed E-state index contributed by atoms with van der Waals surface area (Å²) in [5, 5.41) is 9.47. The minimum absolute atomic E-state index is 0.137. The van der Waals surface area contributed by atoms with Crippen molar-refractivity contribution in [1.82, 2.24) is 5.43 Å². The third-order valence-electron chi connectivity index (χ3n) is 1.79. The van der Waals surface area contributed by atoms with Gasteiger partial charge < -0.3 is 5.11 Å². The van der Waals surface area contributed by atoms with Crippen LogP contribution in [0.3, 0.4) is 0 Å². The minimum Gasteiger partial charge on any atom is -0.388 e. The molecule has 0 spiro atoms. The summed E-state index contributed by atoms with van der Waals surface area (Å²) >= 11 is 0. The molecule has 76 valence electrons. The highest BCUT2D eigenvalue weighted by atomic mass is 19.1. The number of hydrazine groups is 1. The number of hydrogen-bond acceptors (Lipinski definition) is 3. The van der Waals surface area contributed by atoms with E-state index in [0.29, 0.717) is 5.56 Å². The van der Waals surface area contributed by atoms with Gasteiger partial charge >= 0.3 is 0 Å². The summed E-state index contributed by atoms with van der Waals surface area (Å²) in [5.74, 6) is 4.00. The number of rotatable bonds is 3. The monoisotopic (exact) mass is 198 g/mol. The van der Waals surface area contributed by atoms with Crippen molar-refractivity contribution in [2.75, 3.05) is 0 Å². The molecule has 0 aromatic heterocycles. The summed E-state index contributed by atoms with van der Waals surface area (Å²) in [6.07, 6.45) is -1.10. The molecule has 1 rings (SSSR count). The lowest BCUT2D eigenvalue weighted by molar-refractivity contribution is -0.123. The molecule has 1 aromatic rings. The van der Waals surface area contributed by atoms with E-state index in [1.165, 1.54) is 24.3 Å².